The summed E-state index contributed by atoms with van der Waals surface area (Å²) in [5.41, 5.74) is 1.04. The zero-order chi connectivity index (χ0) is 22.5. The van der Waals surface area contributed by atoms with E-state index in [1.807, 2.05) is 30.3 Å². The first-order chi connectivity index (χ1) is 15.5. The van der Waals surface area contributed by atoms with E-state index >= 15 is 0 Å². The summed E-state index contributed by atoms with van der Waals surface area (Å²) in [6.07, 6.45) is 0.563. The van der Waals surface area contributed by atoms with Crippen LogP contribution in [0.25, 0.3) is 11.1 Å². The Balaban J connectivity index is 1.35. The van der Waals surface area contributed by atoms with Crippen molar-refractivity contribution in [2.75, 3.05) is 5.32 Å². The van der Waals surface area contributed by atoms with E-state index in [2.05, 4.69) is 5.32 Å². The maximum atomic E-state index is 12.3. The van der Waals surface area contributed by atoms with E-state index in [0.717, 1.165) is 0 Å². The maximum absolute atomic E-state index is 12.3. The van der Waals surface area contributed by atoms with E-state index in [1.165, 1.54) is 22.8 Å². The number of anilines is 1. The van der Waals surface area contributed by atoms with Crippen molar-refractivity contribution in [2.45, 2.75) is 19.4 Å². The first kappa shape index (κ1) is 20.9. The molecule has 1 N–H and O–H groups in total. The van der Waals surface area contributed by atoms with Crippen LogP contribution in [-0.4, -0.2) is 15.4 Å². The van der Waals surface area contributed by atoms with Crippen LogP contribution in [0.4, 0.5) is 11.4 Å². The number of non-ortho nitro benzene ring substituents is 1. The van der Waals surface area contributed by atoms with Crippen molar-refractivity contribution in [3.05, 3.63) is 93.5 Å². The van der Waals surface area contributed by atoms with Crippen LogP contribution in [0.2, 0.25) is 0 Å². The zero-order valence-corrected chi connectivity index (χ0v) is 16.9. The Hall–Kier alpha value is -4.40. The average molecular weight is 433 g/mol. The number of oxazole rings is 1. The fourth-order valence-corrected chi connectivity index (χ4v) is 3.26. The molecule has 3 aromatic carbocycles. The van der Waals surface area contributed by atoms with Gasteiger partial charge in [-0.15, -0.1) is 0 Å². The number of nitro groups is 1. The number of hydrogen-bond acceptors (Lipinski definition) is 6. The van der Waals surface area contributed by atoms with Gasteiger partial charge in [-0.1, -0.05) is 24.3 Å². The number of aryl methyl sites for hydroxylation is 1. The van der Waals surface area contributed by atoms with Gasteiger partial charge in [-0.2, -0.15) is 0 Å². The minimum Gasteiger partial charge on any atom is -0.457 e. The highest BCUT2D eigenvalue weighted by atomic mass is 16.6. The van der Waals surface area contributed by atoms with Gasteiger partial charge in [0.15, 0.2) is 5.58 Å². The zero-order valence-electron chi connectivity index (χ0n) is 16.9. The summed E-state index contributed by atoms with van der Waals surface area (Å²) in [6, 6.07) is 20.4. The number of nitrogens with one attached hydrogen (secondary N) is 1. The van der Waals surface area contributed by atoms with E-state index < -0.39 is 10.7 Å². The van der Waals surface area contributed by atoms with Crippen LogP contribution in [0.3, 0.4) is 0 Å². The lowest BCUT2D eigenvalue weighted by Crippen LogP contribution is -2.17. The van der Waals surface area contributed by atoms with E-state index in [1.54, 1.807) is 24.3 Å². The standard InChI is InChI=1S/C23H19N3O6/c27-22(24-16-6-4-9-19(14-16)31-18-7-2-1-3-8-18)10-5-13-25-20-12-11-17(26(29)30)15-21(20)32-23(25)28/h1-4,6-9,11-12,14-15H,5,10,13H2,(H,24,27). The number of nitro benzene ring substituents is 1. The first-order valence-corrected chi connectivity index (χ1v) is 9.90. The minimum atomic E-state index is -0.619. The van der Waals surface area contributed by atoms with Gasteiger partial charge < -0.3 is 14.5 Å². The minimum absolute atomic E-state index is 0.142. The first-order valence-electron chi connectivity index (χ1n) is 9.90. The molecule has 0 fully saturated rings. The number of benzene rings is 3. The molecule has 1 heterocycles. The van der Waals surface area contributed by atoms with Crippen molar-refractivity contribution >= 4 is 28.4 Å². The number of aromatic nitrogens is 1. The summed E-state index contributed by atoms with van der Waals surface area (Å²) < 4.78 is 12.2. The molecule has 4 aromatic rings. The fraction of sp³-hybridized carbons (Fsp3) is 0.130. The Morgan fingerprint density at radius 1 is 1.03 bits per heavy atom. The SMILES string of the molecule is O=C(CCCn1c(=O)oc2cc([N+](=O)[O-])ccc21)Nc1cccc(Oc2ccccc2)c1. The molecule has 0 unspecified atom stereocenters. The Morgan fingerprint density at radius 3 is 2.59 bits per heavy atom. The van der Waals surface area contributed by atoms with E-state index in [4.69, 9.17) is 9.15 Å². The van der Waals surface area contributed by atoms with E-state index in [0.29, 0.717) is 29.1 Å². The number of amides is 1. The molecule has 0 atom stereocenters. The summed E-state index contributed by atoms with van der Waals surface area (Å²) >= 11 is 0. The van der Waals surface area contributed by atoms with Gasteiger partial charge in [0.1, 0.15) is 11.5 Å². The topological polar surface area (TPSA) is 117 Å². The molecule has 0 spiro atoms. The van der Waals surface area contributed by atoms with Crippen LogP contribution in [0, 0.1) is 10.1 Å². The lowest BCUT2D eigenvalue weighted by atomic mass is 10.2. The van der Waals surface area contributed by atoms with Gasteiger partial charge in [-0.05, 0) is 36.8 Å². The number of ether oxygens (including phenoxy) is 1. The lowest BCUT2D eigenvalue weighted by molar-refractivity contribution is -0.384. The van der Waals surface area contributed by atoms with Crippen LogP contribution < -0.4 is 15.8 Å². The molecular formula is C23H19N3O6. The summed E-state index contributed by atoms with van der Waals surface area (Å²) in [7, 11) is 0. The molecule has 0 aliphatic carbocycles. The second-order valence-corrected chi connectivity index (χ2v) is 7.02. The smallest absolute Gasteiger partial charge is 0.419 e. The van der Waals surface area contributed by atoms with Gasteiger partial charge in [0, 0.05) is 30.8 Å². The van der Waals surface area contributed by atoms with Crippen LogP contribution in [0.5, 0.6) is 11.5 Å². The second-order valence-electron chi connectivity index (χ2n) is 7.02. The third-order valence-corrected chi connectivity index (χ3v) is 4.74. The molecule has 0 saturated carbocycles. The number of rotatable bonds is 8. The molecule has 9 nitrogen and oxygen atoms in total. The van der Waals surface area contributed by atoms with Crippen molar-refractivity contribution in [2.24, 2.45) is 0 Å². The van der Waals surface area contributed by atoms with Crippen molar-refractivity contribution in [1.82, 2.24) is 4.57 Å². The van der Waals surface area contributed by atoms with Gasteiger partial charge >= 0.3 is 5.76 Å². The van der Waals surface area contributed by atoms with Gasteiger partial charge in [-0.3, -0.25) is 19.5 Å². The molecule has 0 saturated heterocycles. The molecule has 9 heteroatoms. The third-order valence-electron chi connectivity index (χ3n) is 4.74. The Kier molecular flexibility index (Phi) is 5.98. The highest BCUT2D eigenvalue weighted by Crippen LogP contribution is 2.24. The van der Waals surface area contributed by atoms with Crippen LogP contribution in [0.15, 0.2) is 82.0 Å². The van der Waals surface area contributed by atoms with Gasteiger partial charge in [0.25, 0.3) is 5.69 Å². The Bertz CT molecular complexity index is 1330. The normalized spacial score (nSPS) is 10.8. The largest absolute Gasteiger partial charge is 0.457 e. The molecule has 0 bridgehead atoms. The third kappa shape index (κ3) is 4.84. The van der Waals surface area contributed by atoms with Crippen LogP contribution in [-0.2, 0) is 11.3 Å². The molecule has 0 radical (unpaired) electrons. The molecular weight excluding hydrogens is 414 g/mol. The van der Waals surface area contributed by atoms with Crippen molar-refractivity contribution in [3.63, 3.8) is 0 Å². The van der Waals surface area contributed by atoms with Crippen molar-refractivity contribution < 1.29 is 18.9 Å². The highest BCUT2D eigenvalue weighted by Gasteiger charge is 2.14. The van der Waals surface area contributed by atoms with Crippen molar-refractivity contribution in [1.29, 1.82) is 0 Å². The maximum Gasteiger partial charge on any atom is 0.419 e. The number of nitrogens with zero attached hydrogens (tertiary/aromatic N) is 2. The van der Waals surface area contributed by atoms with Gasteiger partial charge in [-0.25, -0.2) is 4.79 Å². The molecule has 0 aliphatic heterocycles. The molecule has 1 amide bonds. The fourth-order valence-electron chi connectivity index (χ4n) is 3.26. The van der Waals surface area contributed by atoms with Gasteiger partial charge in [0.2, 0.25) is 5.91 Å². The summed E-state index contributed by atoms with van der Waals surface area (Å²) in [5, 5.41) is 13.7. The predicted octanol–water partition coefficient (Wildman–Crippen LogP) is 4.71. The Labute approximate surface area is 182 Å². The molecule has 1 aromatic heterocycles. The predicted molar refractivity (Wildman–Crippen MR) is 118 cm³/mol. The summed E-state index contributed by atoms with van der Waals surface area (Å²) in [6.45, 7) is 0.244. The quantitative estimate of drug-likeness (QED) is 0.318. The monoisotopic (exact) mass is 433 g/mol. The lowest BCUT2D eigenvalue weighted by Gasteiger charge is -2.09. The number of hydrogen-bond donors (Lipinski definition) is 1. The number of para-hydroxylation sites is 1. The summed E-state index contributed by atoms with van der Waals surface area (Å²) in [5.74, 6) is 0.462. The molecule has 0 aliphatic rings. The number of carbonyl (C=O) groups excluding carboxylic acids is 1. The average Bonchev–Trinajstić information content (AvgIpc) is 3.09. The summed E-state index contributed by atoms with van der Waals surface area (Å²) in [4.78, 5) is 34.7. The number of carbonyl (C=O) groups is 1. The van der Waals surface area contributed by atoms with Crippen LogP contribution >= 0.6 is 0 Å². The Morgan fingerprint density at radius 2 is 1.81 bits per heavy atom. The number of fused-ring (bicyclic) bond motifs is 1. The van der Waals surface area contributed by atoms with E-state index in [9.17, 15) is 19.7 Å². The molecule has 162 valence electrons. The van der Waals surface area contributed by atoms with Gasteiger partial charge in [0.05, 0.1) is 16.5 Å². The van der Waals surface area contributed by atoms with Crippen molar-refractivity contribution in [3.8, 4) is 11.5 Å². The second kappa shape index (κ2) is 9.17. The van der Waals surface area contributed by atoms with Crippen LogP contribution in [0.1, 0.15) is 12.8 Å². The van der Waals surface area contributed by atoms with E-state index in [-0.39, 0.29) is 30.1 Å². The molecule has 4 rings (SSSR count). The highest BCUT2D eigenvalue weighted by molar-refractivity contribution is 5.90. The molecule has 32 heavy (non-hydrogen) atoms.